The van der Waals surface area contributed by atoms with E-state index in [1.165, 1.54) is 47.9 Å². The zero-order valence-corrected chi connectivity index (χ0v) is 25.7. The van der Waals surface area contributed by atoms with Gasteiger partial charge in [-0.15, -0.1) is 0 Å². The number of unbranched alkanes of at least 4 members (excludes halogenated alkanes) is 2. The molecule has 2 aromatic carbocycles. The van der Waals surface area contributed by atoms with Crippen LogP contribution in [0.15, 0.2) is 60.8 Å². The van der Waals surface area contributed by atoms with Gasteiger partial charge in [0.2, 0.25) is 5.52 Å². The van der Waals surface area contributed by atoms with E-state index >= 15 is 0 Å². The molecule has 0 aliphatic heterocycles. The van der Waals surface area contributed by atoms with E-state index < -0.39 is 7.60 Å². The monoisotopic (exact) mass is 552 g/mol. The summed E-state index contributed by atoms with van der Waals surface area (Å²) in [6.45, 7) is 12.0. The number of para-hydroxylation sites is 1. The summed E-state index contributed by atoms with van der Waals surface area (Å²) in [5.41, 5.74) is 4.86. The lowest BCUT2D eigenvalue weighted by Gasteiger charge is -2.24. The van der Waals surface area contributed by atoms with E-state index in [1.54, 1.807) is 0 Å². The third-order valence-electron chi connectivity index (χ3n) is 6.72. The summed E-state index contributed by atoms with van der Waals surface area (Å²) in [4.78, 5) is 2.52. The van der Waals surface area contributed by atoms with Crippen LogP contribution in [0.1, 0.15) is 70.9 Å². The summed E-state index contributed by atoms with van der Waals surface area (Å²) in [5.74, 6) is 0. The van der Waals surface area contributed by atoms with Crippen LogP contribution in [-0.4, -0.2) is 32.5 Å². The van der Waals surface area contributed by atoms with Gasteiger partial charge in [0.1, 0.15) is 6.54 Å². The van der Waals surface area contributed by atoms with E-state index in [9.17, 15) is 4.57 Å². The van der Waals surface area contributed by atoms with Crippen LogP contribution in [-0.2, 0) is 20.2 Å². The number of pyridine rings is 1. The second kappa shape index (κ2) is 17.3. The van der Waals surface area contributed by atoms with Crippen LogP contribution in [0.4, 0.5) is 5.69 Å². The van der Waals surface area contributed by atoms with Gasteiger partial charge in [-0.1, -0.05) is 63.1 Å². The van der Waals surface area contributed by atoms with Crippen molar-refractivity contribution in [2.24, 2.45) is 0 Å². The first-order valence-corrected chi connectivity index (χ1v) is 16.1. The maximum Gasteiger partial charge on any atom is 0.330 e. The zero-order chi connectivity index (χ0) is 27.2. The molecular weight excluding hydrogens is 503 g/mol. The van der Waals surface area contributed by atoms with Gasteiger partial charge < -0.3 is 21.4 Å². The number of anilines is 1. The first kappa shape index (κ1) is 32.8. The van der Waals surface area contributed by atoms with Gasteiger partial charge in [-0.2, -0.15) is 4.57 Å². The normalized spacial score (nSPS) is 11.7. The molecule has 0 saturated heterocycles. The predicted octanol–water partition coefficient (Wildman–Crippen LogP) is 8.81. The number of benzene rings is 2. The lowest BCUT2D eigenvalue weighted by molar-refractivity contribution is -0.671. The van der Waals surface area contributed by atoms with E-state index in [-0.39, 0.29) is 7.43 Å². The number of nitrogens with zero attached hydrogens (tertiary/aromatic N) is 2. The van der Waals surface area contributed by atoms with Gasteiger partial charge in [0, 0.05) is 37.3 Å². The number of rotatable bonds is 17. The fourth-order valence-corrected chi connectivity index (χ4v) is 6.34. The summed E-state index contributed by atoms with van der Waals surface area (Å²) in [6, 6.07) is 19.6. The van der Waals surface area contributed by atoms with Crippen molar-refractivity contribution >= 4 is 36.3 Å². The Morgan fingerprint density at radius 2 is 1.46 bits per heavy atom. The Bertz CT molecular complexity index is 1180. The molecule has 0 saturated carbocycles. The molecule has 0 aliphatic carbocycles. The van der Waals surface area contributed by atoms with Crippen LogP contribution in [0.3, 0.4) is 0 Å². The summed E-state index contributed by atoms with van der Waals surface area (Å²) in [5, 5.41) is 1.20. The highest BCUT2D eigenvalue weighted by atomic mass is 31.2. The SMILES string of the molecule is CCCCN(CCCC)c1ccc(C=Cc2cc[n+](CCCP(=O)(OCC)OCC)c3ccccc23)cc1.[CH3-]. The Kier molecular flexibility index (Phi) is 14.5. The van der Waals surface area contributed by atoms with Gasteiger partial charge in [-0.25, -0.2) is 0 Å². The average molecular weight is 553 g/mol. The van der Waals surface area contributed by atoms with Crippen molar-refractivity contribution in [2.45, 2.75) is 66.3 Å². The Morgan fingerprint density at radius 1 is 0.821 bits per heavy atom. The highest BCUT2D eigenvalue weighted by molar-refractivity contribution is 7.53. The molecule has 1 heterocycles. The number of hydrogen-bond acceptors (Lipinski definition) is 4. The van der Waals surface area contributed by atoms with Gasteiger partial charge in [0.05, 0.1) is 24.8 Å². The van der Waals surface area contributed by atoms with Crippen molar-refractivity contribution in [3.05, 3.63) is 79.3 Å². The molecule has 0 amide bonds. The molecule has 0 spiro atoms. The van der Waals surface area contributed by atoms with E-state index in [0.29, 0.717) is 19.4 Å². The summed E-state index contributed by atoms with van der Waals surface area (Å²) in [6.07, 6.45) is 12.5. The third-order valence-corrected chi connectivity index (χ3v) is 8.88. The molecule has 0 radical (unpaired) electrons. The fourth-order valence-electron chi connectivity index (χ4n) is 4.69. The summed E-state index contributed by atoms with van der Waals surface area (Å²) < 4.78 is 26.0. The topological polar surface area (TPSA) is 42.7 Å². The van der Waals surface area contributed by atoms with Crippen molar-refractivity contribution in [2.75, 3.05) is 37.4 Å². The minimum atomic E-state index is -3.02. The minimum Gasteiger partial charge on any atom is -0.372 e. The molecule has 0 N–H and O–H groups in total. The molecule has 0 aliphatic rings. The molecule has 0 atom stereocenters. The Balaban J connectivity index is 0.00000533. The molecule has 0 bridgehead atoms. The van der Waals surface area contributed by atoms with Crippen LogP contribution in [0.25, 0.3) is 23.1 Å². The van der Waals surface area contributed by atoms with Gasteiger partial charge in [0.15, 0.2) is 6.20 Å². The maximum absolute atomic E-state index is 12.8. The van der Waals surface area contributed by atoms with Gasteiger partial charge in [0.25, 0.3) is 0 Å². The first-order chi connectivity index (χ1) is 18.5. The standard InChI is InChI=1S/C32H46N2O3P.CH3/c1-5-9-23-33(24-10-6-2)30-20-17-28(18-21-30)16-19-29-22-26-34(32-15-12-11-14-31(29)32)25-13-27-38(35,36-7-3)37-8-4;/h11-12,14-22,26H,5-10,13,23-25,27H2,1-4H3;1H3/q+1;-1. The van der Waals surface area contributed by atoms with Gasteiger partial charge >= 0.3 is 7.60 Å². The molecule has 214 valence electrons. The number of hydrogen-bond donors (Lipinski definition) is 0. The van der Waals surface area contributed by atoms with Crippen molar-refractivity contribution in [3.63, 3.8) is 0 Å². The highest BCUT2D eigenvalue weighted by Crippen LogP contribution is 2.48. The van der Waals surface area contributed by atoms with E-state index in [4.69, 9.17) is 9.05 Å². The van der Waals surface area contributed by atoms with Crippen molar-refractivity contribution in [1.82, 2.24) is 0 Å². The number of fused-ring (bicyclic) bond motifs is 1. The second-order valence-corrected chi connectivity index (χ2v) is 11.8. The molecule has 39 heavy (non-hydrogen) atoms. The van der Waals surface area contributed by atoms with Crippen LogP contribution >= 0.6 is 7.60 Å². The molecule has 0 unspecified atom stereocenters. The van der Waals surface area contributed by atoms with E-state index in [0.717, 1.165) is 31.6 Å². The van der Waals surface area contributed by atoms with Gasteiger partial charge in [-0.05, 0) is 56.0 Å². The van der Waals surface area contributed by atoms with Crippen molar-refractivity contribution < 1.29 is 18.2 Å². The maximum atomic E-state index is 12.8. The third kappa shape index (κ3) is 9.90. The lowest BCUT2D eigenvalue weighted by Crippen LogP contribution is -2.34. The number of aromatic nitrogens is 1. The van der Waals surface area contributed by atoms with Crippen LogP contribution in [0.5, 0.6) is 0 Å². The van der Waals surface area contributed by atoms with Crippen LogP contribution in [0.2, 0.25) is 0 Å². The summed E-state index contributed by atoms with van der Waals surface area (Å²) >= 11 is 0. The molecule has 5 nitrogen and oxygen atoms in total. The van der Waals surface area contributed by atoms with Gasteiger partial charge in [-0.3, -0.25) is 4.57 Å². The lowest BCUT2D eigenvalue weighted by atomic mass is 10.1. The minimum absolute atomic E-state index is 0. The van der Waals surface area contributed by atoms with E-state index in [2.05, 4.69) is 96.3 Å². The molecule has 0 fully saturated rings. The van der Waals surface area contributed by atoms with E-state index in [1.807, 2.05) is 13.8 Å². The first-order valence-electron chi connectivity index (χ1n) is 14.4. The van der Waals surface area contributed by atoms with Crippen LogP contribution < -0.4 is 9.47 Å². The molecule has 6 heteroatoms. The van der Waals surface area contributed by atoms with Crippen molar-refractivity contribution in [1.29, 1.82) is 0 Å². The second-order valence-electron chi connectivity index (χ2n) is 9.62. The predicted molar refractivity (Wildman–Crippen MR) is 168 cm³/mol. The van der Waals surface area contributed by atoms with Crippen molar-refractivity contribution in [3.8, 4) is 0 Å². The smallest absolute Gasteiger partial charge is 0.330 e. The Labute approximate surface area is 237 Å². The summed E-state index contributed by atoms with van der Waals surface area (Å²) in [7, 11) is -3.02. The zero-order valence-electron chi connectivity index (χ0n) is 24.8. The van der Waals surface area contributed by atoms with Crippen LogP contribution in [0, 0.1) is 7.43 Å². The number of aryl methyl sites for hydroxylation is 1. The quantitative estimate of drug-likeness (QED) is 0.0953. The average Bonchev–Trinajstić information content (AvgIpc) is 2.93. The Hall–Kier alpha value is -2.46. The molecule has 3 aromatic rings. The Morgan fingerprint density at radius 3 is 2.08 bits per heavy atom. The molecule has 1 aromatic heterocycles. The largest absolute Gasteiger partial charge is 0.372 e. The highest BCUT2D eigenvalue weighted by Gasteiger charge is 2.24. The molecular formula is C33H49N2O3P. The molecule has 3 rings (SSSR count). The fraction of sp³-hybridized carbons (Fsp3) is 0.455.